The number of carbonyl (C=O) groups is 2. The van der Waals surface area contributed by atoms with Gasteiger partial charge in [-0.15, -0.1) is 0 Å². The highest BCUT2D eigenvalue weighted by Crippen LogP contribution is 2.26. The number of aliphatic carboxylic acids is 1. The van der Waals surface area contributed by atoms with E-state index >= 15 is 0 Å². The number of rotatable bonds is 3. The van der Waals surface area contributed by atoms with Gasteiger partial charge in [0.05, 0.1) is 6.04 Å². The number of carbonyl (C=O) groups excluding carboxylic acids is 1. The van der Waals surface area contributed by atoms with E-state index in [9.17, 15) is 9.59 Å². The highest BCUT2D eigenvalue weighted by molar-refractivity contribution is 6.31. The van der Waals surface area contributed by atoms with E-state index in [0.29, 0.717) is 11.6 Å². The van der Waals surface area contributed by atoms with Crippen LogP contribution in [0.1, 0.15) is 11.6 Å². The Balaban J connectivity index is 2.14. The van der Waals surface area contributed by atoms with Crippen molar-refractivity contribution in [3.05, 3.63) is 34.9 Å². The Labute approximate surface area is 103 Å². The van der Waals surface area contributed by atoms with Crippen LogP contribution < -0.4 is 5.32 Å². The Morgan fingerprint density at radius 1 is 1.53 bits per heavy atom. The number of benzene rings is 1. The lowest BCUT2D eigenvalue weighted by molar-refractivity contribution is -0.137. The maximum Gasteiger partial charge on any atom is 0.323 e. The molecule has 1 aromatic carbocycles. The number of hydrogen-bond donors (Lipinski definition) is 2. The number of hydrogen-bond acceptors (Lipinski definition) is 2. The fraction of sp³-hybridized carbons (Fsp3) is 0.273. The SMILES string of the molecule is O=C(O)CN1CC(c2ccccc2Cl)NC1=O. The minimum absolute atomic E-state index is 0.254. The first-order chi connectivity index (χ1) is 8.08. The third-order valence-electron chi connectivity index (χ3n) is 2.59. The van der Waals surface area contributed by atoms with Crippen LogP contribution in [-0.2, 0) is 4.79 Å². The molecular formula is C11H11ClN2O3. The first-order valence-corrected chi connectivity index (χ1v) is 5.47. The number of carboxylic acid groups (broad SMARTS) is 1. The molecule has 1 aliphatic heterocycles. The Kier molecular flexibility index (Phi) is 3.19. The molecule has 2 rings (SSSR count). The van der Waals surface area contributed by atoms with Gasteiger partial charge in [-0.3, -0.25) is 4.79 Å². The lowest BCUT2D eigenvalue weighted by Crippen LogP contribution is -2.32. The van der Waals surface area contributed by atoms with Crippen molar-refractivity contribution >= 4 is 23.6 Å². The molecule has 0 aliphatic carbocycles. The number of carboxylic acids is 1. The molecule has 1 unspecified atom stereocenters. The molecule has 6 heteroatoms. The van der Waals surface area contributed by atoms with Crippen LogP contribution in [0.4, 0.5) is 4.79 Å². The molecule has 0 bridgehead atoms. The minimum atomic E-state index is -1.03. The molecule has 0 spiro atoms. The summed E-state index contributed by atoms with van der Waals surface area (Å²) in [6.45, 7) is 0.0155. The highest BCUT2D eigenvalue weighted by Gasteiger charge is 2.31. The van der Waals surface area contributed by atoms with Crippen molar-refractivity contribution in [2.75, 3.05) is 13.1 Å². The van der Waals surface area contributed by atoms with Gasteiger partial charge in [-0.05, 0) is 11.6 Å². The van der Waals surface area contributed by atoms with Crippen LogP contribution >= 0.6 is 11.6 Å². The molecule has 1 aromatic rings. The first kappa shape index (κ1) is 11.7. The van der Waals surface area contributed by atoms with Crippen molar-refractivity contribution in [3.63, 3.8) is 0 Å². The molecule has 1 aliphatic rings. The fourth-order valence-electron chi connectivity index (χ4n) is 1.82. The van der Waals surface area contributed by atoms with Crippen molar-refractivity contribution < 1.29 is 14.7 Å². The normalized spacial score (nSPS) is 19.2. The van der Waals surface area contributed by atoms with Gasteiger partial charge in [-0.2, -0.15) is 0 Å². The number of urea groups is 1. The van der Waals surface area contributed by atoms with E-state index < -0.39 is 5.97 Å². The minimum Gasteiger partial charge on any atom is -0.480 e. The van der Waals surface area contributed by atoms with Crippen molar-refractivity contribution in [1.82, 2.24) is 10.2 Å². The van der Waals surface area contributed by atoms with Gasteiger partial charge < -0.3 is 15.3 Å². The summed E-state index contributed by atoms with van der Waals surface area (Å²) in [7, 11) is 0. The molecule has 90 valence electrons. The van der Waals surface area contributed by atoms with Crippen molar-refractivity contribution in [2.24, 2.45) is 0 Å². The molecule has 1 atom stereocenters. The number of nitrogens with zero attached hydrogens (tertiary/aromatic N) is 1. The van der Waals surface area contributed by atoms with E-state index in [-0.39, 0.29) is 18.6 Å². The smallest absolute Gasteiger partial charge is 0.323 e. The van der Waals surface area contributed by atoms with Gasteiger partial charge in [0, 0.05) is 11.6 Å². The van der Waals surface area contributed by atoms with Crippen LogP contribution in [0.3, 0.4) is 0 Å². The summed E-state index contributed by atoms with van der Waals surface area (Å²) < 4.78 is 0. The monoisotopic (exact) mass is 254 g/mol. The van der Waals surface area contributed by atoms with E-state index in [1.807, 2.05) is 12.1 Å². The number of halogens is 1. The topological polar surface area (TPSA) is 69.6 Å². The summed E-state index contributed by atoms with van der Waals surface area (Å²) in [6.07, 6.45) is 0. The molecule has 1 fully saturated rings. The summed E-state index contributed by atoms with van der Waals surface area (Å²) in [5.74, 6) is -1.03. The predicted molar refractivity (Wildman–Crippen MR) is 61.9 cm³/mol. The average molecular weight is 255 g/mol. The summed E-state index contributed by atoms with van der Waals surface area (Å²) in [6, 6.07) is 6.55. The predicted octanol–water partition coefficient (Wildman–Crippen LogP) is 1.49. The quantitative estimate of drug-likeness (QED) is 0.859. The lowest BCUT2D eigenvalue weighted by atomic mass is 10.1. The summed E-state index contributed by atoms with van der Waals surface area (Å²) in [4.78, 5) is 23.3. The molecule has 0 radical (unpaired) electrons. The lowest BCUT2D eigenvalue weighted by Gasteiger charge is -2.12. The number of nitrogens with one attached hydrogen (secondary N) is 1. The Bertz CT molecular complexity index is 464. The van der Waals surface area contributed by atoms with E-state index in [1.54, 1.807) is 12.1 Å². The van der Waals surface area contributed by atoms with Gasteiger partial charge in [0.1, 0.15) is 6.54 Å². The van der Waals surface area contributed by atoms with Crippen LogP contribution in [0.5, 0.6) is 0 Å². The second kappa shape index (κ2) is 4.63. The van der Waals surface area contributed by atoms with Gasteiger partial charge in [0.15, 0.2) is 0 Å². The zero-order chi connectivity index (χ0) is 12.4. The molecule has 0 aromatic heterocycles. The Hall–Kier alpha value is -1.75. The molecule has 17 heavy (non-hydrogen) atoms. The Morgan fingerprint density at radius 3 is 2.88 bits per heavy atom. The standard InChI is InChI=1S/C11H11ClN2O3/c12-8-4-2-1-3-7(8)9-5-14(6-10(15)16)11(17)13-9/h1-4,9H,5-6H2,(H,13,17)(H,15,16). The van der Waals surface area contributed by atoms with Crippen molar-refractivity contribution in [3.8, 4) is 0 Å². The Morgan fingerprint density at radius 2 is 2.24 bits per heavy atom. The maximum absolute atomic E-state index is 11.5. The van der Waals surface area contributed by atoms with Crippen LogP contribution in [0.25, 0.3) is 0 Å². The zero-order valence-corrected chi connectivity index (χ0v) is 9.65. The summed E-state index contributed by atoms with van der Waals surface area (Å²) in [5, 5.41) is 11.9. The molecule has 1 saturated heterocycles. The van der Waals surface area contributed by atoms with Crippen LogP contribution in [0.2, 0.25) is 5.02 Å². The molecule has 0 saturated carbocycles. The van der Waals surface area contributed by atoms with Crippen molar-refractivity contribution in [2.45, 2.75) is 6.04 Å². The fourth-order valence-corrected chi connectivity index (χ4v) is 2.09. The first-order valence-electron chi connectivity index (χ1n) is 5.09. The largest absolute Gasteiger partial charge is 0.480 e. The van der Waals surface area contributed by atoms with E-state index in [4.69, 9.17) is 16.7 Å². The molecular weight excluding hydrogens is 244 g/mol. The average Bonchev–Trinajstić information content (AvgIpc) is 2.60. The van der Waals surface area contributed by atoms with E-state index in [0.717, 1.165) is 5.56 Å². The van der Waals surface area contributed by atoms with E-state index in [2.05, 4.69) is 5.32 Å². The van der Waals surface area contributed by atoms with Crippen LogP contribution in [0.15, 0.2) is 24.3 Å². The molecule has 2 amide bonds. The van der Waals surface area contributed by atoms with Crippen LogP contribution in [0, 0.1) is 0 Å². The van der Waals surface area contributed by atoms with Gasteiger partial charge in [0.2, 0.25) is 0 Å². The van der Waals surface area contributed by atoms with Gasteiger partial charge >= 0.3 is 12.0 Å². The second-order valence-electron chi connectivity index (χ2n) is 3.80. The van der Waals surface area contributed by atoms with Gasteiger partial charge in [-0.25, -0.2) is 4.79 Å². The molecule has 1 heterocycles. The maximum atomic E-state index is 11.5. The van der Waals surface area contributed by atoms with Gasteiger partial charge in [0.25, 0.3) is 0 Å². The van der Waals surface area contributed by atoms with E-state index in [1.165, 1.54) is 4.90 Å². The third-order valence-corrected chi connectivity index (χ3v) is 2.94. The summed E-state index contributed by atoms with van der Waals surface area (Å²) >= 11 is 6.02. The molecule has 2 N–H and O–H groups in total. The zero-order valence-electron chi connectivity index (χ0n) is 8.89. The number of amides is 2. The van der Waals surface area contributed by atoms with Gasteiger partial charge in [-0.1, -0.05) is 29.8 Å². The highest BCUT2D eigenvalue weighted by atomic mass is 35.5. The third kappa shape index (κ3) is 2.50. The molecule has 5 nitrogen and oxygen atoms in total. The second-order valence-corrected chi connectivity index (χ2v) is 4.21. The summed E-state index contributed by atoms with van der Waals surface area (Å²) in [5.41, 5.74) is 0.801. The van der Waals surface area contributed by atoms with Crippen LogP contribution in [-0.4, -0.2) is 35.1 Å². The van der Waals surface area contributed by atoms with Crippen molar-refractivity contribution in [1.29, 1.82) is 0 Å².